The molecule has 2 rings (SSSR count). The summed E-state index contributed by atoms with van der Waals surface area (Å²) in [5.41, 5.74) is 2.29. The fraction of sp³-hybridized carbons (Fsp3) is 0.462. The van der Waals surface area contributed by atoms with Crippen LogP contribution in [-0.2, 0) is 11.2 Å². The standard InChI is InChI=1S/C13H16ClNO/c1-2-3-10-4-6-12(7-5-10)15-9-11(14)8-13(15)16/h4-7,11H,2-3,8-9H2,1H3. The van der Waals surface area contributed by atoms with Gasteiger partial charge in [-0.15, -0.1) is 11.6 Å². The second-order valence-corrected chi connectivity index (χ2v) is 4.84. The van der Waals surface area contributed by atoms with E-state index in [1.54, 1.807) is 4.90 Å². The Kier molecular flexibility index (Phi) is 3.49. The van der Waals surface area contributed by atoms with Crippen molar-refractivity contribution in [3.8, 4) is 0 Å². The van der Waals surface area contributed by atoms with Crippen LogP contribution in [0.15, 0.2) is 24.3 Å². The molecule has 0 aromatic heterocycles. The number of carbonyl (C=O) groups excluding carboxylic acids is 1. The lowest BCUT2D eigenvalue weighted by Gasteiger charge is -2.16. The summed E-state index contributed by atoms with van der Waals surface area (Å²) in [5, 5.41) is -0.0391. The van der Waals surface area contributed by atoms with Crippen LogP contribution in [0.2, 0.25) is 0 Å². The lowest BCUT2D eigenvalue weighted by atomic mass is 10.1. The monoisotopic (exact) mass is 237 g/mol. The van der Waals surface area contributed by atoms with Crippen molar-refractivity contribution in [1.29, 1.82) is 0 Å². The molecule has 1 aliphatic heterocycles. The van der Waals surface area contributed by atoms with E-state index in [9.17, 15) is 4.79 Å². The van der Waals surface area contributed by atoms with Gasteiger partial charge in [0.25, 0.3) is 0 Å². The Bertz CT molecular complexity index is 374. The number of nitrogens with zero attached hydrogens (tertiary/aromatic N) is 1. The molecule has 1 saturated heterocycles. The summed E-state index contributed by atoms with van der Waals surface area (Å²) < 4.78 is 0. The van der Waals surface area contributed by atoms with Gasteiger partial charge in [0.15, 0.2) is 0 Å². The van der Waals surface area contributed by atoms with Gasteiger partial charge in [-0.25, -0.2) is 0 Å². The van der Waals surface area contributed by atoms with Gasteiger partial charge in [0.2, 0.25) is 5.91 Å². The molecule has 1 aromatic carbocycles. The average molecular weight is 238 g/mol. The summed E-state index contributed by atoms with van der Waals surface area (Å²) in [5.74, 6) is 0.128. The highest BCUT2D eigenvalue weighted by Gasteiger charge is 2.28. The van der Waals surface area contributed by atoms with E-state index in [0.29, 0.717) is 13.0 Å². The van der Waals surface area contributed by atoms with Crippen LogP contribution in [-0.4, -0.2) is 17.8 Å². The number of amides is 1. The van der Waals surface area contributed by atoms with Crippen molar-refractivity contribution in [2.45, 2.75) is 31.6 Å². The summed E-state index contributed by atoms with van der Waals surface area (Å²) in [6.07, 6.45) is 2.69. The van der Waals surface area contributed by atoms with E-state index < -0.39 is 0 Å². The molecule has 0 bridgehead atoms. The first-order valence-electron chi connectivity index (χ1n) is 5.74. The van der Waals surface area contributed by atoms with E-state index in [-0.39, 0.29) is 11.3 Å². The average Bonchev–Trinajstić information content (AvgIpc) is 2.59. The van der Waals surface area contributed by atoms with Crippen molar-refractivity contribution in [2.24, 2.45) is 0 Å². The normalized spacial score (nSPS) is 20.5. The first-order valence-corrected chi connectivity index (χ1v) is 6.17. The van der Waals surface area contributed by atoms with Crippen LogP contribution in [0.1, 0.15) is 25.3 Å². The molecule has 1 aromatic rings. The minimum Gasteiger partial charge on any atom is -0.311 e. The van der Waals surface area contributed by atoms with Gasteiger partial charge in [-0.2, -0.15) is 0 Å². The summed E-state index contributed by atoms with van der Waals surface area (Å²) in [7, 11) is 0. The van der Waals surface area contributed by atoms with Crippen LogP contribution in [0, 0.1) is 0 Å². The zero-order chi connectivity index (χ0) is 11.5. The summed E-state index contributed by atoms with van der Waals surface area (Å²) in [6, 6.07) is 8.21. The van der Waals surface area contributed by atoms with E-state index in [0.717, 1.165) is 18.5 Å². The van der Waals surface area contributed by atoms with Gasteiger partial charge in [-0.1, -0.05) is 25.5 Å². The molecule has 1 unspecified atom stereocenters. The van der Waals surface area contributed by atoms with E-state index >= 15 is 0 Å². The summed E-state index contributed by atoms with van der Waals surface area (Å²) in [4.78, 5) is 13.4. The molecule has 0 N–H and O–H groups in total. The molecule has 16 heavy (non-hydrogen) atoms. The number of rotatable bonds is 3. The van der Waals surface area contributed by atoms with E-state index in [2.05, 4.69) is 19.1 Å². The largest absolute Gasteiger partial charge is 0.311 e. The lowest BCUT2D eigenvalue weighted by Crippen LogP contribution is -2.24. The number of hydrogen-bond donors (Lipinski definition) is 0. The molecule has 1 atom stereocenters. The van der Waals surface area contributed by atoms with Crippen LogP contribution in [0.3, 0.4) is 0 Å². The predicted molar refractivity (Wildman–Crippen MR) is 67.0 cm³/mol. The van der Waals surface area contributed by atoms with Gasteiger partial charge in [0.1, 0.15) is 0 Å². The van der Waals surface area contributed by atoms with Crippen LogP contribution >= 0.6 is 11.6 Å². The molecule has 2 nitrogen and oxygen atoms in total. The molecule has 1 fully saturated rings. The Morgan fingerprint density at radius 3 is 2.56 bits per heavy atom. The molecular formula is C13H16ClNO. The van der Waals surface area contributed by atoms with Crippen LogP contribution in [0.25, 0.3) is 0 Å². The molecule has 86 valence electrons. The van der Waals surface area contributed by atoms with Crippen molar-refractivity contribution in [3.05, 3.63) is 29.8 Å². The minimum atomic E-state index is -0.0391. The maximum atomic E-state index is 11.6. The van der Waals surface area contributed by atoms with E-state index in [4.69, 9.17) is 11.6 Å². The predicted octanol–water partition coefficient (Wildman–Crippen LogP) is 2.98. The second kappa shape index (κ2) is 4.88. The van der Waals surface area contributed by atoms with Gasteiger partial charge in [-0.3, -0.25) is 4.79 Å². The number of halogens is 1. The maximum Gasteiger partial charge on any atom is 0.228 e. The zero-order valence-corrected chi connectivity index (χ0v) is 10.2. The maximum absolute atomic E-state index is 11.6. The Labute approximate surface area is 101 Å². The van der Waals surface area contributed by atoms with Crippen LogP contribution in [0.5, 0.6) is 0 Å². The van der Waals surface area contributed by atoms with Crippen LogP contribution in [0.4, 0.5) is 5.69 Å². The van der Waals surface area contributed by atoms with Crippen molar-refractivity contribution in [3.63, 3.8) is 0 Å². The highest BCUT2D eigenvalue weighted by Crippen LogP contribution is 2.24. The van der Waals surface area contributed by atoms with E-state index in [1.807, 2.05) is 12.1 Å². The fourth-order valence-electron chi connectivity index (χ4n) is 2.04. The van der Waals surface area contributed by atoms with Gasteiger partial charge in [0.05, 0.1) is 5.38 Å². The minimum absolute atomic E-state index is 0.0391. The first kappa shape index (κ1) is 11.5. The van der Waals surface area contributed by atoms with Crippen LogP contribution < -0.4 is 4.90 Å². The molecule has 0 radical (unpaired) electrons. The highest BCUT2D eigenvalue weighted by atomic mass is 35.5. The number of aryl methyl sites for hydroxylation is 1. The Balaban J connectivity index is 2.12. The van der Waals surface area contributed by atoms with Gasteiger partial charge >= 0.3 is 0 Å². The molecular weight excluding hydrogens is 222 g/mol. The topological polar surface area (TPSA) is 20.3 Å². The first-order chi connectivity index (χ1) is 7.70. The third kappa shape index (κ3) is 2.38. The second-order valence-electron chi connectivity index (χ2n) is 4.22. The third-order valence-corrected chi connectivity index (χ3v) is 3.16. The number of benzene rings is 1. The Morgan fingerprint density at radius 1 is 1.38 bits per heavy atom. The van der Waals surface area contributed by atoms with Crippen molar-refractivity contribution < 1.29 is 4.79 Å². The molecule has 0 spiro atoms. The summed E-state index contributed by atoms with van der Waals surface area (Å²) in [6.45, 7) is 2.80. The fourth-order valence-corrected chi connectivity index (χ4v) is 2.31. The number of hydrogen-bond acceptors (Lipinski definition) is 1. The number of carbonyl (C=O) groups is 1. The highest BCUT2D eigenvalue weighted by molar-refractivity contribution is 6.24. The lowest BCUT2D eigenvalue weighted by molar-refractivity contribution is -0.117. The molecule has 1 heterocycles. The molecule has 0 aliphatic carbocycles. The quantitative estimate of drug-likeness (QED) is 0.741. The Hall–Kier alpha value is -1.02. The zero-order valence-electron chi connectivity index (χ0n) is 9.45. The molecule has 1 aliphatic rings. The third-order valence-electron chi connectivity index (χ3n) is 2.86. The van der Waals surface area contributed by atoms with Gasteiger partial charge in [-0.05, 0) is 24.1 Å². The summed E-state index contributed by atoms with van der Waals surface area (Å²) >= 11 is 5.97. The van der Waals surface area contributed by atoms with Crippen molar-refractivity contribution >= 4 is 23.2 Å². The molecule has 3 heteroatoms. The number of anilines is 1. The van der Waals surface area contributed by atoms with Crippen molar-refractivity contribution in [1.82, 2.24) is 0 Å². The van der Waals surface area contributed by atoms with Gasteiger partial charge in [0, 0.05) is 18.7 Å². The number of alkyl halides is 1. The van der Waals surface area contributed by atoms with Crippen molar-refractivity contribution in [2.75, 3.05) is 11.4 Å². The van der Waals surface area contributed by atoms with E-state index in [1.165, 1.54) is 5.56 Å². The van der Waals surface area contributed by atoms with Gasteiger partial charge < -0.3 is 4.90 Å². The molecule has 1 amide bonds. The Morgan fingerprint density at radius 2 is 2.06 bits per heavy atom. The smallest absolute Gasteiger partial charge is 0.228 e. The molecule has 0 saturated carbocycles. The SMILES string of the molecule is CCCc1ccc(N2CC(Cl)CC2=O)cc1.